The van der Waals surface area contributed by atoms with Gasteiger partial charge in [-0.15, -0.1) is 0 Å². The number of hydrogen-bond donors (Lipinski definition) is 2. The summed E-state index contributed by atoms with van der Waals surface area (Å²) in [6, 6.07) is 9.64. The van der Waals surface area contributed by atoms with Gasteiger partial charge in [-0.1, -0.05) is 30.3 Å². The fraction of sp³-hybridized carbons (Fsp3) is 0.231. The van der Waals surface area contributed by atoms with Crippen molar-refractivity contribution in [1.82, 2.24) is 9.85 Å². The molecule has 1 aromatic heterocycles. The summed E-state index contributed by atoms with van der Waals surface area (Å²) in [5.41, 5.74) is 4.65. The molecule has 0 aliphatic rings. The average molecular weight is 277 g/mol. The van der Waals surface area contributed by atoms with Crippen LogP contribution in [-0.2, 0) is 11.4 Å². The van der Waals surface area contributed by atoms with E-state index in [-0.39, 0.29) is 5.91 Å². The van der Waals surface area contributed by atoms with E-state index in [9.17, 15) is 4.79 Å². The fourth-order valence-corrected chi connectivity index (χ4v) is 2.36. The minimum Gasteiger partial charge on any atom is -0.378 e. The predicted octanol–water partition coefficient (Wildman–Crippen LogP) is 2.35. The minimum absolute atomic E-state index is 0.286. The first-order valence-electron chi connectivity index (χ1n) is 5.82. The maximum absolute atomic E-state index is 12.0. The molecule has 6 heteroatoms. The second-order valence-electron chi connectivity index (χ2n) is 3.93. The monoisotopic (exact) mass is 277 g/mol. The quantitative estimate of drug-likeness (QED) is 0.824. The number of hydrogen-bond acceptors (Lipinski definition) is 5. The van der Waals surface area contributed by atoms with Crippen LogP contribution in [0.15, 0.2) is 30.3 Å². The van der Waals surface area contributed by atoms with Crippen LogP contribution in [0.4, 0.5) is 5.00 Å². The van der Waals surface area contributed by atoms with Crippen LogP contribution in [0.2, 0.25) is 0 Å². The zero-order chi connectivity index (χ0) is 13.7. The van der Waals surface area contributed by atoms with Gasteiger partial charge in [0.15, 0.2) is 0 Å². The van der Waals surface area contributed by atoms with Crippen molar-refractivity contribution in [2.24, 2.45) is 0 Å². The Bertz CT molecular complexity index is 554. The molecule has 100 valence electrons. The third kappa shape index (κ3) is 3.30. The van der Waals surface area contributed by atoms with Gasteiger partial charge in [-0.3, -0.25) is 9.63 Å². The van der Waals surface area contributed by atoms with Crippen LogP contribution in [0.1, 0.15) is 21.6 Å². The number of amides is 1. The molecule has 0 saturated carbocycles. The number of rotatable bonds is 5. The van der Waals surface area contributed by atoms with E-state index in [0.717, 1.165) is 10.6 Å². The summed E-state index contributed by atoms with van der Waals surface area (Å²) in [7, 11) is 1.76. The first-order chi connectivity index (χ1) is 9.22. The SMILES string of the molecule is CNc1snc(C)c1C(=O)NOCc1ccccc1. The average Bonchev–Trinajstić information content (AvgIpc) is 2.81. The maximum atomic E-state index is 12.0. The van der Waals surface area contributed by atoms with Gasteiger partial charge in [0, 0.05) is 7.05 Å². The summed E-state index contributed by atoms with van der Waals surface area (Å²) < 4.78 is 4.14. The van der Waals surface area contributed by atoms with Crippen LogP contribution in [-0.4, -0.2) is 17.3 Å². The smallest absolute Gasteiger partial charge is 0.279 e. The van der Waals surface area contributed by atoms with Gasteiger partial charge in [0.1, 0.15) is 5.00 Å². The number of nitrogens with one attached hydrogen (secondary N) is 2. The minimum atomic E-state index is -0.286. The number of aromatic nitrogens is 1. The number of benzene rings is 1. The van der Waals surface area contributed by atoms with E-state index >= 15 is 0 Å². The standard InChI is InChI=1S/C13H15N3O2S/c1-9-11(13(14-2)19-16-9)12(17)15-18-8-10-6-4-3-5-7-10/h3-7,14H,8H2,1-2H3,(H,15,17). The summed E-state index contributed by atoms with van der Waals surface area (Å²) in [6.07, 6.45) is 0. The second kappa shape index (κ2) is 6.31. The van der Waals surface area contributed by atoms with Gasteiger partial charge < -0.3 is 5.32 Å². The highest BCUT2D eigenvalue weighted by atomic mass is 32.1. The van der Waals surface area contributed by atoms with Crippen molar-refractivity contribution in [3.05, 3.63) is 47.2 Å². The molecule has 19 heavy (non-hydrogen) atoms. The molecule has 0 fully saturated rings. The molecule has 0 aliphatic carbocycles. The van der Waals surface area contributed by atoms with Crippen LogP contribution in [0.5, 0.6) is 0 Å². The molecule has 0 atom stereocenters. The Morgan fingerprint density at radius 2 is 2.11 bits per heavy atom. The van der Waals surface area contributed by atoms with E-state index < -0.39 is 0 Å². The second-order valence-corrected chi connectivity index (χ2v) is 4.70. The zero-order valence-electron chi connectivity index (χ0n) is 10.8. The Labute approximate surface area is 115 Å². The Morgan fingerprint density at radius 3 is 2.79 bits per heavy atom. The number of hydroxylamine groups is 1. The summed E-state index contributed by atoms with van der Waals surface area (Å²) in [5.74, 6) is -0.286. The van der Waals surface area contributed by atoms with Crippen molar-refractivity contribution >= 4 is 22.4 Å². The van der Waals surface area contributed by atoms with Gasteiger partial charge >= 0.3 is 0 Å². The molecule has 0 unspecified atom stereocenters. The van der Waals surface area contributed by atoms with Gasteiger partial charge in [-0.2, -0.15) is 4.37 Å². The van der Waals surface area contributed by atoms with Gasteiger partial charge in [-0.25, -0.2) is 5.48 Å². The highest BCUT2D eigenvalue weighted by Crippen LogP contribution is 2.23. The summed E-state index contributed by atoms with van der Waals surface area (Å²) in [6.45, 7) is 2.13. The molecule has 0 aliphatic heterocycles. The van der Waals surface area contributed by atoms with Crippen molar-refractivity contribution in [3.63, 3.8) is 0 Å². The molecule has 0 radical (unpaired) electrons. The largest absolute Gasteiger partial charge is 0.378 e. The normalized spacial score (nSPS) is 10.2. The Morgan fingerprint density at radius 1 is 1.37 bits per heavy atom. The molecular formula is C13H15N3O2S. The fourth-order valence-electron chi connectivity index (χ4n) is 1.62. The lowest BCUT2D eigenvalue weighted by atomic mass is 10.2. The van der Waals surface area contributed by atoms with Crippen LogP contribution >= 0.6 is 11.5 Å². The van der Waals surface area contributed by atoms with Gasteiger partial charge in [-0.05, 0) is 24.0 Å². The van der Waals surface area contributed by atoms with Crippen molar-refractivity contribution in [2.75, 3.05) is 12.4 Å². The van der Waals surface area contributed by atoms with Crippen molar-refractivity contribution in [2.45, 2.75) is 13.5 Å². The highest BCUT2D eigenvalue weighted by Gasteiger charge is 2.17. The van der Waals surface area contributed by atoms with E-state index in [4.69, 9.17) is 4.84 Å². The molecule has 2 rings (SSSR count). The first-order valence-corrected chi connectivity index (χ1v) is 6.59. The molecule has 2 aromatic rings. The lowest BCUT2D eigenvalue weighted by molar-refractivity contribution is 0.0234. The lowest BCUT2D eigenvalue weighted by Crippen LogP contribution is -2.24. The lowest BCUT2D eigenvalue weighted by Gasteiger charge is -2.07. The van der Waals surface area contributed by atoms with Crippen molar-refractivity contribution in [1.29, 1.82) is 0 Å². The van der Waals surface area contributed by atoms with E-state index in [1.54, 1.807) is 14.0 Å². The molecule has 1 aromatic carbocycles. The zero-order valence-corrected chi connectivity index (χ0v) is 11.6. The van der Waals surface area contributed by atoms with Crippen molar-refractivity contribution in [3.8, 4) is 0 Å². The molecule has 0 spiro atoms. The molecule has 5 nitrogen and oxygen atoms in total. The van der Waals surface area contributed by atoms with Gasteiger partial charge in [0.25, 0.3) is 5.91 Å². The van der Waals surface area contributed by atoms with Crippen LogP contribution in [0.25, 0.3) is 0 Å². The van der Waals surface area contributed by atoms with E-state index in [0.29, 0.717) is 17.9 Å². The number of anilines is 1. The first kappa shape index (κ1) is 13.5. The highest BCUT2D eigenvalue weighted by molar-refractivity contribution is 7.10. The van der Waals surface area contributed by atoms with E-state index in [2.05, 4.69) is 15.2 Å². The molecule has 2 N–H and O–H groups in total. The third-order valence-electron chi connectivity index (χ3n) is 2.56. The molecule has 1 amide bonds. The Kier molecular flexibility index (Phi) is 4.48. The molecular weight excluding hydrogens is 262 g/mol. The summed E-state index contributed by atoms with van der Waals surface area (Å²) >= 11 is 1.26. The number of nitrogens with zero attached hydrogens (tertiary/aromatic N) is 1. The van der Waals surface area contributed by atoms with E-state index in [1.165, 1.54) is 11.5 Å². The van der Waals surface area contributed by atoms with Gasteiger partial charge in [0.2, 0.25) is 0 Å². The summed E-state index contributed by atoms with van der Waals surface area (Å²) in [5, 5.41) is 3.68. The summed E-state index contributed by atoms with van der Waals surface area (Å²) in [4.78, 5) is 17.2. The Hall–Kier alpha value is -1.92. The maximum Gasteiger partial charge on any atom is 0.279 e. The number of carbonyl (C=O) groups is 1. The van der Waals surface area contributed by atoms with Crippen molar-refractivity contribution < 1.29 is 9.63 Å². The van der Waals surface area contributed by atoms with Crippen LogP contribution in [0, 0.1) is 6.92 Å². The van der Waals surface area contributed by atoms with E-state index in [1.807, 2.05) is 30.3 Å². The molecule has 0 saturated heterocycles. The molecule has 0 bridgehead atoms. The number of carbonyl (C=O) groups excluding carboxylic acids is 1. The topological polar surface area (TPSA) is 63.2 Å². The third-order valence-corrected chi connectivity index (χ3v) is 3.52. The molecule has 1 heterocycles. The Balaban J connectivity index is 1.93. The van der Waals surface area contributed by atoms with Gasteiger partial charge in [0.05, 0.1) is 17.9 Å². The predicted molar refractivity (Wildman–Crippen MR) is 75.1 cm³/mol. The van der Waals surface area contributed by atoms with Crippen LogP contribution < -0.4 is 10.8 Å². The number of aryl methyl sites for hydroxylation is 1. The van der Waals surface area contributed by atoms with Crippen LogP contribution in [0.3, 0.4) is 0 Å².